The number of hydrogen-bond acceptors (Lipinski definition) is 6. The lowest BCUT2D eigenvalue weighted by molar-refractivity contribution is 0.0786. The molecule has 3 aromatic rings. The number of nitrogens with zero attached hydrogens (tertiary/aromatic N) is 5. The summed E-state index contributed by atoms with van der Waals surface area (Å²) in [4.78, 5) is 31.2. The van der Waals surface area contributed by atoms with Crippen molar-refractivity contribution in [3.8, 4) is 10.6 Å². The monoisotopic (exact) mass is 311 g/mol. The molecule has 22 heavy (non-hydrogen) atoms. The second kappa shape index (κ2) is 6.40. The topological polar surface area (TPSA) is 71.9 Å². The van der Waals surface area contributed by atoms with Crippen LogP contribution < -0.4 is 0 Å². The standard InChI is InChI=1S/C15H13N5OS/c1-20(10-13-17-6-3-7-18-13)15(21)12-9-19-14(22-12)11-4-2-5-16-8-11/h2-9H,10H2,1H3. The molecule has 0 bridgehead atoms. The van der Waals surface area contributed by atoms with Crippen LogP contribution in [0.2, 0.25) is 0 Å². The number of carbonyl (C=O) groups is 1. The molecule has 3 aromatic heterocycles. The zero-order chi connectivity index (χ0) is 15.4. The molecule has 0 saturated heterocycles. The molecule has 0 N–H and O–H groups in total. The van der Waals surface area contributed by atoms with Crippen LogP contribution in [0, 0.1) is 0 Å². The molecule has 3 heterocycles. The summed E-state index contributed by atoms with van der Waals surface area (Å²) in [6, 6.07) is 5.51. The van der Waals surface area contributed by atoms with E-state index in [1.165, 1.54) is 11.3 Å². The average molecular weight is 311 g/mol. The lowest BCUT2D eigenvalue weighted by Gasteiger charge is -2.14. The molecule has 0 unspecified atom stereocenters. The Kier molecular flexibility index (Phi) is 4.15. The first kappa shape index (κ1) is 14.3. The molecular weight excluding hydrogens is 298 g/mol. The molecule has 1 amide bonds. The van der Waals surface area contributed by atoms with Gasteiger partial charge in [0.25, 0.3) is 5.91 Å². The Bertz CT molecular complexity index is 760. The van der Waals surface area contributed by atoms with Crippen molar-refractivity contribution in [3.05, 3.63) is 59.9 Å². The molecule has 0 aliphatic rings. The van der Waals surface area contributed by atoms with Gasteiger partial charge in [0.2, 0.25) is 0 Å². The van der Waals surface area contributed by atoms with Crippen LogP contribution in [0.4, 0.5) is 0 Å². The highest BCUT2D eigenvalue weighted by atomic mass is 32.1. The molecule has 0 aromatic carbocycles. The Balaban J connectivity index is 1.74. The molecule has 0 radical (unpaired) electrons. The number of thiazole rings is 1. The Labute approximate surface area is 131 Å². The van der Waals surface area contributed by atoms with Crippen LogP contribution in [0.25, 0.3) is 10.6 Å². The molecule has 0 aliphatic heterocycles. The van der Waals surface area contributed by atoms with E-state index in [1.807, 2.05) is 12.1 Å². The fourth-order valence-electron chi connectivity index (χ4n) is 1.88. The number of amides is 1. The van der Waals surface area contributed by atoms with Gasteiger partial charge in [0.1, 0.15) is 15.7 Å². The van der Waals surface area contributed by atoms with E-state index < -0.39 is 0 Å². The summed E-state index contributed by atoms with van der Waals surface area (Å²) in [5.41, 5.74) is 0.903. The summed E-state index contributed by atoms with van der Waals surface area (Å²) in [6.45, 7) is 0.361. The second-order valence-electron chi connectivity index (χ2n) is 4.60. The van der Waals surface area contributed by atoms with E-state index in [0.29, 0.717) is 17.2 Å². The van der Waals surface area contributed by atoms with Gasteiger partial charge < -0.3 is 4.90 Å². The summed E-state index contributed by atoms with van der Waals surface area (Å²) in [5, 5.41) is 0.779. The molecule has 7 heteroatoms. The van der Waals surface area contributed by atoms with Crippen LogP contribution >= 0.6 is 11.3 Å². The van der Waals surface area contributed by atoms with Crippen LogP contribution in [0.3, 0.4) is 0 Å². The second-order valence-corrected chi connectivity index (χ2v) is 5.63. The Hall–Kier alpha value is -2.67. The van der Waals surface area contributed by atoms with Gasteiger partial charge in [-0.3, -0.25) is 9.78 Å². The van der Waals surface area contributed by atoms with E-state index >= 15 is 0 Å². The third-order valence-electron chi connectivity index (χ3n) is 2.97. The predicted molar refractivity (Wildman–Crippen MR) is 83.2 cm³/mol. The highest BCUT2D eigenvalue weighted by Gasteiger charge is 2.16. The summed E-state index contributed by atoms with van der Waals surface area (Å²) in [6.07, 6.45) is 8.35. The molecule has 0 fully saturated rings. The van der Waals surface area contributed by atoms with Crippen molar-refractivity contribution in [3.63, 3.8) is 0 Å². The van der Waals surface area contributed by atoms with Crippen molar-refractivity contribution in [1.29, 1.82) is 0 Å². The third kappa shape index (κ3) is 3.15. The van der Waals surface area contributed by atoms with E-state index in [0.717, 1.165) is 10.6 Å². The highest BCUT2D eigenvalue weighted by Crippen LogP contribution is 2.25. The minimum Gasteiger partial charge on any atom is -0.333 e. The van der Waals surface area contributed by atoms with E-state index in [-0.39, 0.29) is 5.91 Å². The largest absolute Gasteiger partial charge is 0.333 e. The van der Waals surface area contributed by atoms with Crippen LogP contribution in [0.1, 0.15) is 15.5 Å². The minimum absolute atomic E-state index is 0.0971. The fraction of sp³-hybridized carbons (Fsp3) is 0.133. The number of pyridine rings is 1. The van der Waals surface area contributed by atoms with E-state index in [9.17, 15) is 4.79 Å². The fourth-order valence-corrected chi connectivity index (χ4v) is 2.78. The molecule has 6 nitrogen and oxygen atoms in total. The molecule has 0 aliphatic carbocycles. The maximum absolute atomic E-state index is 12.4. The van der Waals surface area contributed by atoms with Crippen molar-refractivity contribution in [1.82, 2.24) is 24.8 Å². The van der Waals surface area contributed by atoms with Crippen LogP contribution in [-0.4, -0.2) is 37.8 Å². The number of rotatable bonds is 4. The minimum atomic E-state index is -0.0971. The summed E-state index contributed by atoms with van der Waals surface area (Å²) >= 11 is 1.35. The first-order valence-electron chi connectivity index (χ1n) is 6.61. The van der Waals surface area contributed by atoms with Gasteiger partial charge in [-0.15, -0.1) is 11.3 Å². The lowest BCUT2D eigenvalue weighted by Crippen LogP contribution is -2.26. The summed E-state index contributed by atoms with van der Waals surface area (Å²) in [5.74, 6) is 0.510. The third-order valence-corrected chi connectivity index (χ3v) is 4.00. The van der Waals surface area contributed by atoms with Gasteiger partial charge in [0.15, 0.2) is 0 Å². The highest BCUT2D eigenvalue weighted by molar-refractivity contribution is 7.16. The van der Waals surface area contributed by atoms with Crippen molar-refractivity contribution in [2.75, 3.05) is 7.05 Å². The van der Waals surface area contributed by atoms with Gasteiger partial charge >= 0.3 is 0 Å². The molecule has 0 spiro atoms. The van der Waals surface area contributed by atoms with Gasteiger partial charge in [-0.1, -0.05) is 0 Å². The number of aromatic nitrogens is 4. The SMILES string of the molecule is CN(Cc1ncccn1)C(=O)c1cnc(-c2cccnc2)s1. The Morgan fingerprint density at radius 2 is 1.95 bits per heavy atom. The van der Waals surface area contributed by atoms with Crippen molar-refractivity contribution >= 4 is 17.2 Å². The Morgan fingerprint density at radius 3 is 2.68 bits per heavy atom. The van der Waals surface area contributed by atoms with Crippen molar-refractivity contribution in [2.24, 2.45) is 0 Å². The number of carbonyl (C=O) groups excluding carboxylic acids is 1. The average Bonchev–Trinajstić information content (AvgIpc) is 3.06. The first-order chi connectivity index (χ1) is 10.7. The van der Waals surface area contributed by atoms with Crippen molar-refractivity contribution < 1.29 is 4.79 Å². The smallest absolute Gasteiger partial charge is 0.265 e. The lowest BCUT2D eigenvalue weighted by atomic mass is 10.3. The summed E-state index contributed by atoms with van der Waals surface area (Å²) < 4.78 is 0. The zero-order valence-electron chi connectivity index (χ0n) is 11.9. The quantitative estimate of drug-likeness (QED) is 0.739. The van der Waals surface area contributed by atoms with Crippen LogP contribution in [0.15, 0.2) is 49.2 Å². The van der Waals surface area contributed by atoms with Gasteiger partial charge in [-0.05, 0) is 18.2 Å². The molecule has 0 saturated carbocycles. The maximum Gasteiger partial charge on any atom is 0.265 e. The van der Waals surface area contributed by atoms with E-state index in [1.54, 1.807) is 49.0 Å². The Morgan fingerprint density at radius 1 is 1.14 bits per heavy atom. The van der Waals surface area contributed by atoms with Crippen molar-refractivity contribution in [2.45, 2.75) is 6.54 Å². The molecule has 110 valence electrons. The van der Waals surface area contributed by atoms with Gasteiger partial charge in [-0.2, -0.15) is 0 Å². The van der Waals surface area contributed by atoms with E-state index in [2.05, 4.69) is 19.9 Å². The van der Waals surface area contributed by atoms with Gasteiger partial charge in [0, 0.05) is 37.4 Å². The first-order valence-corrected chi connectivity index (χ1v) is 7.43. The number of hydrogen-bond donors (Lipinski definition) is 0. The predicted octanol–water partition coefficient (Wildman–Crippen LogP) is 2.27. The van der Waals surface area contributed by atoms with Crippen LogP contribution in [-0.2, 0) is 6.54 Å². The van der Waals surface area contributed by atoms with Crippen LogP contribution in [0.5, 0.6) is 0 Å². The van der Waals surface area contributed by atoms with E-state index in [4.69, 9.17) is 0 Å². The molecule has 0 atom stereocenters. The normalized spacial score (nSPS) is 10.4. The zero-order valence-corrected chi connectivity index (χ0v) is 12.7. The maximum atomic E-state index is 12.4. The van der Waals surface area contributed by atoms with Gasteiger partial charge in [-0.25, -0.2) is 15.0 Å². The molecular formula is C15H13N5OS. The summed E-state index contributed by atoms with van der Waals surface area (Å²) in [7, 11) is 1.72. The van der Waals surface area contributed by atoms with Gasteiger partial charge in [0.05, 0.1) is 12.7 Å². The molecule has 3 rings (SSSR count).